The molecule has 180 valence electrons. The Balaban J connectivity index is 1.54. The van der Waals surface area contributed by atoms with Crippen molar-refractivity contribution in [2.45, 2.75) is 26.3 Å². The summed E-state index contributed by atoms with van der Waals surface area (Å²) in [6, 6.07) is 20.3. The minimum absolute atomic E-state index is 0.158. The number of hydrogen-bond acceptors (Lipinski definition) is 6. The first kappa shape index (κ1) is 23.1. The molecule has 0 spiro atoms. The third kappa shape index (κ3) is 4.15. The summed E-state index contributed by atoms with van der Waals surface area (Å²) in [5.74, 6) is -1.34. The lowest BCUT2D eigenvalue weighted by Gasteiger charge is -2.20. The van der Waals surface area contributed by atoms with E-state index in [9.17, 15) is 19.5 Å². The first-order valence-corrected chi connectivity index (χ1v) is 11.4. The van der Waals surface area contributed by atoms with Crippen LogP contribution in [0.2, 0.25) is 0 Å². The van der Waals surface area contributed by atoms with E-state index in [1.54, 1.807) is 43.3 Å². The normalized spacial score (nSPS) is 12.1. The van der Waals surface area contributed by atoms with E-state index >= 15 is 0 Å². The van der Waals surface area contributed by atoms with Crippen molar-refractivity contribution in [3.63, 3.8) is 0 Å². The summed E-state index contributed by atoms with van der Waals surface area (Å²) < 4.78 is 11.5. The molecule has 1 N–H and O–H groups in total. The molecule has 36 heavy (non-hydrogen) atoms. The number of carboxylic acid groups (broad SMARTS) is 1. The number of aliphatic carboxylic acids is 1. The fourth-order valence-electron chi connectivity index (χ4n) is 4.57. The van der Waals surface area contributed by atoms with Gasteiger partial charge in [-0.05, 0) is 36.6 Å². The molecule has 7 heteroatoms. The lowest BCUT2D eigenvalue weighted by Crippen LogP contribution is -2.42. The second-order valence-corrected chi connectivity index (χ2v) is 8.64. The van der Waals surface area contributed by atoms with E-state index in [2.05, 4.69) is 5.32 Å². The Kier molecular flexibility index (Phi) is 5.90. The van der Waals surface area contributed by atoms with E-state index in [4.69, 9.17) is 8.83 Å². The highest BCUT2D eigenvalue weighted by Crippen LogP contribution is 2.37. The van der Waals surface area contributed by atoms with E-state index in [1.807, 2.05) is 43.3 Å². The molecule has 5 rings (SSSR count). The largest absolute Gasteiger partial charge is 0.548 e. The Morgan fingerprint density at radius 3 is 2.19 bits per heavy atom. The minimum Gasteiger partial charge on any atom is -0.548 e. The van der Waals surface area contributed by atoms with Crippen LogP contribution >= 0.6 is 0 Å². The van der Waals surface area contributed by atoms with Gasteiger partial charge in [-0.1, -0.05) is 60.7 Å². The zero-order valence-corrected chi connectivity index (χ0v) is 19.7. The average molecular weight is 480 g/mol. The summed E-state index contributed by atoms with van der Waals surface area (Å²) in [4.78, 5) is 37.3. The molecule has 5 aromatic rings. The monoisotopic (exact) mass is 480 g/mol. The van der Waals surface area contributed by atoms with Gasteiger partial charge in [-0.25, -0.2) is 4.79 Å². The first-order chi connectivity index (χ1) is 17.3. The maximum Gasteiger partial charge on any atom is 0.340 e. The number of fused-ring (bicyclic) bond motifs is 2. The number of amides is 1. The maximum absolute atomic E-state index is 12.8. The lowest BCUT2D eigenvalue weighted by molar-refractivity contribution is -0.308. The summed E-state index contributed by atoms with van der Waals surface area (Å²) in [5, 5.41) is 15.6. The summed E-state index contributed by atoms with van der Waals surface area (Å²) in [5.41, 5.74) is 3.33. The molecule has 0 aliphatic rings. The highest BCUT2D eigenvalue weighted by atomic mass is 16.4. The van der Waals surface area contributed by atoms with Gasteiger partial charge in [-0.15, -0.1) is 0 Å². The molecular weight excluding hydrogens is 458 g/mol. The van der Waals surface area contributed by atoms with Crippen molar-refractivity contribution < 1.29 is 23.5 Å². The van der Waals surface area contributed by atoms with Gasteiger partial charge in [-0.2, -0.15) is 0 Å². The summed E-state index contributed by atoms with van der Waals surface area (Å²) in [6.45, 7) is 3.63. The van der Waals surface area contributed by atoms with Crippen molar-refractivity contribution in [1.29, 1.82) is 0 Å². The van der Waals surface area contributed by atoms with Gasteiger partial charge in [0, 0.05) is 22.4 Å². The molecule has 0 aliphatic carbocycles. The van der Waals surface area contributed by atoms with E-state index in [0.29, 0.717) is 27.7 Å². The molecule has 1 amide bonds. The van der Waals surface area contributed by atoms with Crippen molar-refractivity contribution in [3.8, 4) is 11.1 Å². The number of aryl methyl sites for hydroxylation is 2. The van der Waals surface area contributed by atoms with Gasteiger partial charge in [0.15, 0.2) is 0 Å². The quantitative estimate of drug-likeness (QED) is 0.368. The molecule has 0 fully saturated rings. The predicted octanol–water partition coefficient (Wildman–Crippen LogP) is 3.97. The van der Waals surface area contributed by atoms with Gasteiger partial charge in [0.2, 0.25) is 5.91 Å². The van der Waals surface area contributed by atoms with Crippen LogP contribution in [0.5, 0.6) is 0 Å². The molecule has 0 unspecified atom stereocenters. The van der Waals surface area contributed by atoms with Crippen molar-refractivity contribution in [3.05, 3.63) is 106 Å². The molecule has 7 nitrogen and oxygen atoms in total. The van der Waals surface area contributed by atoms with Crippen LogP contribution in [0, 0.1) is 13.8 Å². The number of hydrogen-bond donors (Lipinski definition) is 1. The summed E-state index contributed by atoms with van der Waals surface area (Å²) in [6.07, 6.45) is -0.339. The number of furan rings is 1. The Morgan fingerprint density at radius 2 is 1.53 bits per heavy atom. The number of carbonyl (C=O) groups excluding carboxylic acids is 2. The van der Waals surface area contributed by atoms with Gasteiger partial charge in [0.1, 0.15) is 16.9 Å². The topological polar surface area (TPSA) is 113 Å². The van der Waals surface area contributed by atoms with E-state index < -0.39 is 23.5 Å². The van der Waals surface area contributed by atoms with Crippen molar-refractivity contribution >= 4 is 33.8 Å². The van der Waals surface area contributed by atoms with Crippen LogP contribution in [0.1, 0.15) is 28.5 Å². The van der Waals surface area contributed by atoms with Crippen LogP contribution < -0.4 is 16.0 Å². The Labute approximate surface area is 206 Å². The Morgan fingerprint density at radius 1 is 0.889 bits per heavy atom. The molecule has 0 aliphatic heterocycles. The van der Waals surface area contributed by atoms with E-state index in [0.717, 1.165) is 22.3 Å². The molecular formula is C29H22NO6-. The molecule has 0 radical (unpaired) electrons. The van der Waals surface area contributed by atoms with E-state index in [-0.39, 0.29) is 12.0 Å². The lowest BCUT2D eigenvalue weighted by atomic mass is 9.98. The standard InChI is InChI=1S/C29H23NO6/c1-16-20-13-22-24(35-17(2)26(22)18-9-5-3-6-10-18)15-23(20)36-29(34)21(16)14-25(31)30-27(28(32)33)19-11-7-4-8-12-19/h3-13,15,27H,14H2,1-2H3,(H,30,31)(H,32,33)/p-1/t27-/m0/s1. The van der Waals surface area contributed by atoms with Crippen molar-refractivity contribution in [2.75, 3.05) is 0 Å². The Bertz CT molecular complexity index is 1670. The SMILES string of the molecule is Cc1oc2cc3oc(=O)c(CC(=O)N[C@H](C(=O)[O-])c4ccccc4)c(C)c3cc2c1-c1ccccc1. The number of benzene rings is 3. The maximum atomic E-state index is 12.8. The van der Waals surface area contributed by atoms with Gasteiger partial charge < -0.3 is 24.1 Å². The summed E-state index contributed by atoms with van der Waals surface area (Å²) >= 11 is 0. The van der Waals surface area contributed by atoms with Crippen LogP contribution in [0.3, 0.4) is 0 Å². The molecule has 2 aromatic heterocycles. The number of nitrogens with one attached hydrogen (secondary N) is 1. The average Bonchev–Trinajstić information content (AvgIpc) is 3.19. The molecule has 0 saturated carbocycles. The highest BCUT2D eigenvalue weighted by Gasteiger charge is 2.21. The number of carboxylic acids is 1. The smallest absolute Gasteiger partial charge is 0.340 e. The van der Waals surface area contributed by atoms with Crippen molar-refractivity contribution in [1.82, 2.24) is 5.32 Å². The highest BCUT2D eigenvalue weighted by molar-refractivity contribution is 6.03. The van der Waals surface area contributed by atoms with Gasteiger partial charge in [0.05, 0.1) is 24.0 Å². The van der Waals surface area contributed by atoms with Crippen LogP contribution in [-0.2, 0) is 16.0 Å². The van der Waals surface area contributed by atoms with Crippen LogP contribution in [0.4, 0.5) is 0 Å². The minimum atomic E-state index is -1.44. The van der Waals surface area contributed by atoms with Gasteiger partial charge in [0.25, 0.3) is 0 Å². The Hall–Kier alpha value is -4.65. The van der Waals surface area contributed by atoms with E-state index in [1.165, 1.54) is 0 Å². The van der Waals surface area contributed by atoms with Gasteiger partial charge in [-0.3, -0.25) is 4.79 Å². The van der Waals surface area contributed by atoms with Crippen LogP contribution in [-0.4, -0.2) is 11.9 Å². The fourth-order valence-corrected chi connectivity index (χ4v) is 4.57. The third-order valence-electron chi connectivity index (χ3n) is 6.35. The number of rotatable bonds is 6. The molecule has 1 atom stereocenters. The summed E-state index contributed by atoms with van der Waals surface area (Å²) in [7, 11) is 0. The molecule has 0 saturated heterocycles. The number of carbonyl (C=O) groups is 2. The third-order valence-corrected chi connectivity index (χ3v) is 6.35. The second-order valence-electron chi connectivity index (χ2n) is 8.64. The zero-order valence-electron chi connectivity index (χ0n) is 19.7. The molecule has 3 aromatic carbocycles. The zero-order chi connectivity index (χ0) is 25.4. The van der Waals surface area contributed by atoms with Crippen LogP contribution in [0.15, 0.2) is 86.4 Å². The first-order valence-electron chi connectivity index (χ1n) is 11.4. The second kappa shape index (κ2) is 9.19. The van der Waals surface area contributed by atoms with Crippen molar-refractivity contribution in [2.24, 2.45) is 0 Å². The van der Waals surface area contributed by atoms with Gasteiger partial charge >= 0.3 is 5.63 Å². The molecule has 2 heterocycles. The van der Waals surface area contributed by atoms with Crippen LogP contribution in [0.25, 0.3) is 33.1 Å². The predicted molar refractivity (Wildman–Crippen MR) is 133 cm³/mol. The fraction of sp³-hybridized carbons (Fsp3) is 0.138. The molecule has 0 bridgehead atoms.